The Morgan fingerprint density at radius 2 is 2.07 bits per heavy atom. The maximum absolute atomic E-state index is 11.7. The molecule has 1 rings (SSSR count). The number of rotatable bonds is 10. The Balaban J connectivity index is 2.98. The summed E-state index contributed by atoms with van der Waals surface area (Å²) in [4.78, 5) is 8.54. The van der Waals surface area contributed by atoms with Gasteiger partial charge in [-0.15, -0.1) is 0 Å². The summed E-state index contributed by atoms with van der Waals surface area (Å²) in [5.74, 6) is 0. The first-order valence-corrected chi connectivity index (χ1v) is 11.2. The predicted molar refractivity (Wildman–Crippen MR) is 121 cm³/mol. The topological polar surface area (TPSA) is 70.9 Å². The van der Waals surface area contributed by atoms with Gasteiger partial charge in [0.15, 0.2) is 0 Å². The summed E-state index contributed by atoms with van der Waals surface area (Å²) in [5, 5.41) is 3.71. The molecule has 0 aromatic carbocycles. The normalized spacial score (nSPS) is 23.8. The van der Waals surface area contributed by atoms with Crippen LogP contribution in [0, 0.1) is 0 Å². The first-order chi connectivity index (χ1) is 13.6. The fraction of sp³-hybridized carbons (Fsp3) is 0.429. The van der Waals surface area contributed by atoms with Gasteiger partial charge < -0.3 is 0 Å². The molecule has 1 unspecified atom stereocenters. The fourth-order valence-electron chi connectivity index (χ4n) is 2.44. The van der Waals surface area contributed by atoms with Crippen LogP contribution in [0.1, 0.15) is 46.0 Å². The molecule has 1 N–H and O–H groups in total. The van der Waals surface area contributed by atoms with Gasteiger partial charge in [0.2, 0.25) is 0 Å². The van der Waals surface area contributed by atoms with Crippen molar-refractivity contribution in [1.82, 2.24) is 5.32 Å². The van der Waals surface area contributed by atoms with Crippen LogP contribution in [0.15, 0.2) is 68.2 Å². The SMILES string of the molecule is C/C=C(\N=C/CCC1=C/C(B=O)=C(NC=NCCC)\C=C\CC\C=C\1)S(C)=O. The zero-order valence-corrected chi connectivity index (χ0v) is 17.9. The molecule has 0 aromatic rings. The molecule has 5 nitrogen and oxygen atoms in total. The quantitative estimate of drug-likeness (QED) is 0.340. The van der Waals surface area contributed by atoms with Crippen molar-refractivity contribution in [2.24, 2.45) is 9.98 Å². The minimum absolute atomic E-state index is 0.576. The van der Waals surface area contributed by atoms with Crippen molar-refractivity contribution in [1.29, 1.82) is 0 Å². The molecule has 1 aliphatic carbocycles. The van der Waals surface area contributed by atoms with Crippen LogP contribution in [-0.2, 0) is 15.5 Å². The molecule has 0 saturated carbocycles. The van der Waals surface area contributed by atoms with Crippen molar-refractivity contribution in [3.8, 4) is 0 Å². The monoisotopic (exact) mass is 399 g/mol. The summed E-state index contributed by atoms with van der Waals surface area (Å²) in [7, 11) is -0.222. The first-order valence-electron chi connectivity index (χ1n) is 9.62. The summed E-state index contributed by atoms with van der Waals surface area (Å²) in [5.41, 5.74) is 2.38. The van der Waals surface area contributed by atoms with Crippen LogP contribution in [0.3, 0.4) is 0 Å². The molecule has 150 valence electrons. The number of hydrogen-bond donors (Lipinski definition) is 1. The summed E-state index contributed by atoms with van der Waals surface area (Å²) in [6.07, 6.45) is 21.1. The van der Waals surface area contributed by atoms with E-state index in [1.54, 1.807) is 24.9 Å². The Kier molecular flexibility index (Phi) is 12.7. The van der Waals surface area contributed by atoms with Gasteiger partial charge in [0, 0.05) is 0 Å². The van der Waals surface area contributed by atoms with E-state index in [-0.39, 0.29) is 0 Å². The van der Waals surface area contributed by atoms with Crippen LogP contribution >= 0.6 is 0 Å². The van der Waals surface area contributed by atoms with Gasteiger partial charge in [0.05, 0.1) is 0 Å². The average molecular weight is 399 g/mol. The first kappa shape index (κ1) is 23.9. The van der Waals surface area contributed by atoms with Gasteiger partial charge in [-0.05, 0) is 0 Å². The van der Waals surface area contributed by atoms with E-state index in [1.165, 1.54) is 0 Å². The van der Waals surface area contributed by atoms with E-state index in [4.69, 9.17) is 0 Å². The molecular formula is C21H30BN3O2S. The third-order valence-electron chi connectivity index (χ3n) is 3.88. The molecule has 0 saturated heterocycles. The molecule has 1 aliphatic rings. The van der Waals surface area contributed by atoms with Crippen molar-refractivity contribution >= 4 is 30.5 Å². The van der Waals surface area contributed by atoms with E-state index in [0.717, 1.165) is 50.6 Å². The molecular weight excluding hydrogens is 369 g/mol. The van der Waals surface area contributed by atoms with Gasteiger partial charge in [-0.2, -0.15) is 0 Å². The van der Waals surface area contributed by atoms with Gasteiger partial charge in [-0.3, -0.25) is 0 Å². The van der Waals surface area contributed by atoms with Gasteiger partial charge in [0.25, 0.3) is 0 Å². The van der Waals surface area contributed by atoms with Gasteiger partial charge in [-0.1, -0.05) is 0 Å². The van der Waals surface area contributed by atoms with E-state index in [1.807, 2.05) is 19.1 Å². The summed E-state index contributed by atoms with van der Waals surface area (Å²) < 4.78 is 23.2. The van der Waals surface area contributed by atoms with Crippen molar-refractivity contribution in [3.05, 3.63) is 58.2 Å². The van der Waals surface area contributed by atoms with Gasteiger partial charge >= 0.3 is 172 Å². The molecule has 0 radical (unpaired) electrons. The molecule has 0 spiro atoms. The number of nitrogens with one attached hydrogen (secondary N) is 1. The number of nitrogens with zero attached hydrogens (tertiary/aromatic N) is 2. The molecule has 0 aromatic heterocycles. The van der Waals surface area contributed by atoms with Crippen LogP contribution < -0.4 is 5.32 Å². The number of hydrogen-bond acceptors (Lipinski definition) is 4. The average Bonchev–Trinajstić information content (AvgIpc) is 2.69. The van der Waals surface area contributed by atoms with Crippen LogP contribution in [0.25, 0.3) is 0 Å². The molecule has 0 bridgehead atoms. The standard InChI is InChI=1S/C21H30BN3O2S/c1-4-14-23-17-25-20-13-9-7-6-8-11-18(16-19(20)22-26)12-10-15-24-21(5-2)28(3)27/h5,8-9,11,13,15-17H,4,6-7,10,12,14H2,1-3H3,(H,23,25)/b11-8+,13-9+,18-16+,20-19-,21-5+,24-15-. The second kappa shape index (κ2) is 14.9. The predicted octanol–water partition coefficient (Wildman–Crippen LogP) is 4.20. The van der Waals surface area contributed by atoms with E-state index < -0.39 is 10.8 Å². The Hall–Kier alpha value is -2.15. The van der Waals surface area contributed by atoms with E-state index >= 15 is 0 Å². The van der Waals surface area contributed by atoms with Crippen molar-refractivity contribution in [3.63, 3.8) is 0 Å². The Morgan fingerprint density at radius 3 is 2.71 bits per heavy atom. The maximum atomic E-state index is 11.7. The number of aliphatic imine (C=N–C) groups is 2. The van der Waals surface area contributed by atoms with Crippen LogP contribution in [-0.4, -0.2) is 36.7 Å². The third-order valence-corrected chi connectivity index (χ3v) is 4.81. The Morgan fingerprint density at radius 1 is 1.32 bits per heavy atom. The fourth-order valence-corrected chi connectivity index (χ4v) is 3.00. The van der Waals surface area contributed by atoms with Crippen LogP contribution in [0.2, 0.25) is 0 Å². The molecule has 0 amide bonds. The molecule has 0 aliphatic heterocycles. The summed E-state index contributed by atoms with van der Waals surface area (Å²) >= 11 is 0. The third kappa shape index (κ3) is 9.69. The Labute approximate surface area is 171 Å². The summed E-state index contributed by atoms with van der Waals surface area (Å²) in [6.45, 7) is 4.65. The van der Waals surface area contributed by atoms with Gasteiger partial charge in [-0.25, -0.2) is 0 Å². The van der Waals surface area contributed by atoms with Crippen molar-refractivity contribution < 1.29 is 8.91 Å². The molecule has 28 heavy (non-hydrogen) atoms. The molecule has 7 heteroatoms. The minimum atomic E-state index is -1.09. The van der Waals surface area contributed by atoms with Crippen LogP contribution in [0.5, 0.6) is 0 Å². The number of allylic oxidation sites excluding steroid dienone is 8. The van der Waals surface area contributed by atoms with Crippen molar-refractivity contribution in [2.45, 2.75) is 46.0 Å². The molecule has 0 heterocycles. The Bertz CT molecular complexity index is 747. The van der Waals surface area contributed by atoms with Gasteiger partial charge in [0.1, 0.15) is 0 Å². The molecule has 1 atom stereocenters. The summed E-state index contributed by atoms with van der Waals surface area (Å²) in [6, 6.07) is 0. The zero-order valence-electron chi connectivity index (χ0n) is 17.1. The second-order valence-electron chi connectivity index (χ2n) is 6.20. The molecule has 0 fully saturated rings. The van der Waals surface area contributed by atoms with E-state index in [9.17, 15) is 8.91 Å². The van der Waals surface area contributed by atoms with Crippen molar-refractivity contribution in [2.75, 3.05) is 12.8 Å². The second-order valence-corrected chi connectivity index (χ2v) is 7.53. The van der Waals surface area contributed by atoms with Crippen LogP contribution in [0.4, 0.5) is 0 Å². The zero-order chi connectivity index (χ0) is 20.6. The van der Waals surface area contributed by atoms with E-state index in [2.05, 4.69) is 40.5 Å². The van der Waals surface area contributed by atoms with E-state index in [0.29, 0.717) is 16.9 Å².